The Labute approximate surface area is 208 Å². The van der Waals surface area contributed by atoms with Crippen LogP contribution >= 0.6 is 45.1 Å². The van der Waals surface area contributed by atoms with Crippen LogP contribution in [-0.2, 0) is 36.3 Å². The first-order chi connectivity index (χ1) is 15.9. The number of ether oxygens (including phenoxy) is 2. The van der Waals surface area contributed by atoms with Gasteiger partial charge in [-0.1, -0.05) is 35.4 Å². The summed E-state index contributed by atoms with van der Waals surface area (Å²) in [6, 6.07) is 1.36. The first kappa shape index (κ1) is 31.0. The van der Waals surface area contributed by atoms with Crippen molar-refractivity contribution in [2.45, 2.75) is 43.4 Å². The van der Waals surface area contributed by atoms with Crippen LogP contribution in [0, 0.1) is 0 Å². The molecule has 6 N–H and O–H groups in total. The van der Waals surface area contributed by atoms with E-state index in [4.69, 9.17) is 32.8 Å². The molecule has 2 rings (SSSR count). The number of hydrogen-bond donors (Lipinski definition) is 5. The van der Waals surface area contributed by atoms with Gasteiger partial charge in [0.1, 0.15) is 24.1 Å². The predicted octanol–water partition coefficient (Wildman–Crippen LogP) is 1.08. The van der Waals surface area contributed by atoms with Crippen LogP contribution in [0.3, 0.4) is 0 Å². The summed E-state index contributed by atoms with van der Waals surface area (Å²) in [6.45, 7) is 2.82. The quantitative estimate of drug-likeness (QED) is 0.0703. The molecule has 2 heterocycles. The van der Waals surface area contributed by atoms with Crippen molar-refractivity contribution in [1.82, 2.24) is 9.55 Å². The van der Waals surface area contributed by atoms with Gasteiger partial charge in [-0.15, -0.1) is 0 Å². The van der Waals surface area contributed by atoms with Crippen molar-refractivity contribution in [3.8, 4) is 0 Å². The number of phosphoric ester groups is 1. The Kier molecular flexibility index (Phi) is 10.7. The predicted molar refractivity (Wildman–Crippen MR) is 126 cm³/mol. The molecule has 0 aromatic carbocycles. The third-order valence-electron chi connectivity index (χ3n) is 3.76. The zero-order chi connectivity index (χ0) is 26.7. The van der Waals surface area contributed by atoms with Gasteiger partial charge >= 0.3 is 29.2 Å². The first-order valence-corrected chi connectivity index (χ1v) is 16.2. The van der Waals surface area contributed by atoms with Crippen molar-refractivity contribution in [2.75, 3.05) is 18.3 Å². The molecule has 3 unspecified atom stereocenters. The minimum atomic E-state index is -5.68. The summed E-state index contributed by atoms with van der Waals surface area (Å²) >= 11 is 0. The van der Waals surface area contributed by atoms with Crippen molar-refractivity contribution in [2.24, 2.45) is 0 Å². The molecule has 35 heavy (non-hydrogen) atoms. The Hall–Kier alpha value is -0.225. The van der Waals surface area contributed by atoms with Gasteiger partial charge in [-0.05, 0) is 10.7 Å². The lowest BCUT2D eigenvalue weighted by molar-refractivity contribution is -0.0542. The van der Waals surface area contributed by atoms with Crippen LogP contribution in [0.15, 0.2) is 17.1 Å². The molecule has 5 atom stereocenters. The number of phosphoric acid groups is 3. The number of nitrogens with two attached hydrogens (primary N) is 1. The maximum atomic E-state index is 12.2. The Balaban J connectivity index is 2.09. The lowest BCUT2D eigenvalue weighted by Gasteiger charge is -2.22. The van der Waals surface area contributed by atoms with Crippen molar-refractivity contribution in [3.63, 3.8) is 0 Å². The van der Waals surface area contributed by atoms with E-state index in [0.29, 0.717) is 0 Å². The molecule has 198 valence electrons. The minimum Gasteiger partial charge on any atom is -0.383 e. The van der Waals surface area contributed by atoms with Crippen molar-refractivity contribution in [1.29, 1.82) is 0 Å². The molecule has 0 aliphatic carbocycles. The van der Waals surface area contributed by atoms with Crippen LogP contribution in [0.1, 0.15) is 26.5 Å². The van der Waals surface area contributed by atoms with E-state index < -0.39 is 58.8 Å². The maximum absolute atomic E-state index is 12.2. The van der Waals surface area contributed by atoms with E-state index >= 15 is 0 Å². The van der Waals surface area contributed by atoms with Crippen LogP contribution in [-0.4, -0.2) is 66.4 Å². The highest BCUT2D eigenvalue weighted by atomic mass is 33.1. The van der Waals surface area contributed by atoms with Gasteiger partial charge in [-0.3, -0.25) is 9.09 Å². The fraction of sp³-hybridized carbons (Fsp3) is 0.692. The summed E-state index contributed by atoms with van der Waals surface area (Å²) in [7, 11) is -8.11. The number of nitrogen functional groups attached to an aromatic ring is 1. The van der Waals surface area contributed by atoms with Gasteiger partial charge in [0.2, 0.25) is 0 Å². The fourth-order valence-corrected chi connectivity index (χ4v) is 7.44. The molecule has 1 aromatic heterocycles. The topological polar surface area (TPSA) is 239 Å². The molecule has 22 heteroatoms. The molecule has 2 radical (unpaired) electrons. The normalized spacial score (nSPS) is 24.7. The summed E-state index contributed by atoms with van der Waals surface area (Å²) in [5, 5.41) is 0. The SMILES string of the molecule is [B]C(C)(C)SSCO[C@@H]1C[C@H](n2ccc(N)nc2=O)OC1COP(=O)(O)OP(=O)(O)OP(=O)(O)O. The molecule has 1 fully saturated rings. The molecule has 0 bridgehead atoms. The average molecular weight is 597 g/mol. The number of anilines is 1. The fourth-order valence-electron chi connectivity index (χ4n) is 2.60. The van der Waals surface area contributed by atoms with Gasteiger partial charge in [-0.2, -0.15) is 13.6 Å². The number of aromatic nitrogens is 2. The van der Waals surface area contributed by atoms with Gasteiger partial charge in [0.05, 0.1) is 20.6 Å². The lowest BCUT2D eigenvalue weighted by Crippen LogP contribution is -2.29. The van der Waals surface area contributed by atoms with E-state index in [9.17, 15) is 28.3 Å². The Morgan fingerprint density at radius 1 is 1.26 bits per heavy atom. The molecule has 0 amide bonds. The summed E-state index contributed by atoms with van der Waals surface area (Å²) in [6.07, 6.45) is -1.42. The highest BCUT2D eigenvalue weighted by Crippen LogP contribution is 2.66. The van der Waals surface area contributed by atoms with E-state index in [2.05, 4.69) is 18.1 Å². The third kappa shape index (κ3) is 11.4. The summed E-state index contributed by atoms with van der Waals surface area (Å²) < 4.78 is 58.3. The molecule has 1 aliphatic heterocycles. The largest absolute Gasteiger partial charge is 0.490 e. The summed E-state index contributed by atoms with van der Waals surface area (Å²) in [5.41, 5.74) is 4.76. The van der Waals surface area contributed by atoms with Crippen LogP contribution in [0.2, 0.25) is 0 Å². The Morgan fingerprint density at radius 3 is 2.49 bits per heavy atom. The van der Waals surface area contributed by atoms with E-state index in [1.807, 2.05) is 0 Å². The van der Waals surface area contributed by atoms with E-state index in [1.54, 1.807) is 13.8 Å². The molecule has 0 saturated carbocycles. The summed E-state index contributed by atoms with van der Waals surface area (Å²) in [5.74, 6) is 0.0891. The van der Waals surface area contributed by atoms with Gasteiger partial charge < -0.3 is 34.8 Å². The molecular formula is C13H23BN3O13P3S2. The number of hydrogen-bond acceptors (Lipinski definition) is 13. The monoisotopic (exact) mass is 597 g/mol. The van der Waals surface area contributed by atoms with Crippen molar-refractivity contribution < 1.29 is 55.9 Å². The smallest absolute Gasteiger partial charge is 0.383 e. The molecule has 1 saturated heterocycles. The van der Waals surface area contributed by atoms with Crippen LogP contribution in [0.25, 0.3) is 0 Å². The Bertz CT molecular complexity index is 1080. The van der Waals surface area contributed by atoms with E-state index in [1.165, 1.54) is 33.9 Å². The zero-order valence-corrected chi connectivity index (χ0v) is 22.5. The van der Waals surface area contributed by atoms with Crippen LogP contribution in [0.4, 0.5) is 5.82 Å². The van der Waals surface area contributed by atoms with Crippen molar-refractivity contribution in [3.05, 3.63) is 22.7 Å². The molecular weight excluding hydrogens is 574 g/mol. The highest BCUT2D eigenvalue weighted by Gasteiger charge is 2.43. The van der Waals surface area contributed by atoms with Gasteiger partial charge in [-0.25, -0.2) is 18.5 Å². The second-order valence-electron chi connectivity index (χ2n) is 7.42. The van der Waals surface area contributed by atoms with Crippen LogP contribution in [0.5, 0.6) is 0 Å². The highest BCUT2D eigenvalue weighted by molar-refractivity contribution is 8.77. The molecule has 16 nitrogen and oxygen atoms in total. The molecule has 0 spiro atoms. The second kappa shape index (κ2) is 12.1. The van der Waals surface area contributed by atoms with Crippen molar-refractivity contribution >= 4 is 58.7 Å². The van der Waals surface area contributed by atoms with Gasteiger partial charge in [0.25, 0.3) is 0 Å². The van der Waals surface area contributed by atoms with Crippen LogP contribution < -0.4 is 11.4 Å². The maximum Gasteiger partial charge on any atom is 0.490 e. The summed E-state index contributed by atoms with van der Waals surface area (Å²) in [4.78, 5) is 51.9. The second-order valence-corrected chi connectivity index (χ2v) is 14.7. The number of nitrogens with zero attached hydrogens (tertiary/aromatic N) is 2. The van der Waals surface area contributed by atoms with Gasteiger partial charge in [0, 0.05) is 12.6 Å². The average Bonchev–Trinajstić information content (AvgIpc) is 3.02. The minimum absolute atomic E-state index is 0.0147. The van der Waals surface area contributed by atoms with E-state index in [0.717, 1.165) is 4.57 Å². The zero-order valence-electron chi connectivity index (χ0n) is 18.2. The standard InChI is InChI=1S/C13H23BN3O13P3S2/c1-13(2,14)35-34-7-26-8-5-11(17-4-3-10(15)16-12(17)18)28-9(8)6-27-32(22,23)30-33(24,25)29-31(19,20)21/h3-4,8-9,11H,5-7H2,1-2H3,(H,22,23)(H,24,25)(H2,15,16,18)(H2,19,20,21)/t8-,9?,11-/m1/s1. The Morgan fingerprint density at radius 2 is 1.91 bits per heavy atom. The lowest BCUT2D eigenvalue weighted by atomic mass is 9.91. The van der Waals surface area contributed by atoms with E-state index in [-0.39, 0.29) is 18.2 Å². The third-order valence-corrected chi connectivity index (χ3v) is 10.3. The van der Waals surface area contributed by atoms with Gasteiger partial charge in [0.15, 0.2) is 0 Å². The molecule has 1 aliphatic rings. The number of rotatable bonds is 13. The first-order valence-electron chi connectivity index (χ1n) is 9.35. The molecule has 1 aromatic rings.